The minimum absolute atomic E-state index is 0.0306. The number of nitrogens with one attached hydrogen (secondary N) is 1. The predicted molar refractivity (Wildman–Crippen MR) is 101 cm³/mol. The fraction of sp³-hybridized carbons (Fsp3) is 0.471. The third kappa shape index (κ3) is 4.27. The fourth-order valence-corrected chi connectivity index (χ4v) is 4.39. The first-order valence-electron chi connectivity index (χ1n) is 8.86. The first-order valence-corrected chi connectivity index (χ1v) is 10.3. The lowest BCUT2D eigenvalue weighted by atomic mass is 9.98. The number of pyridine rings is 1. The number of sulfonamides is 1. The molecule has 2 heterocycles. The van der Waals surface area contributed by atoms with Crippen LogP contribution in [0.15, 0.2) is 24.3 Å². The summed E-state index contributed by atoms with van der Waals surface area (Å²) in [5.41, 5.74) is -3.92. The topological polar surface area (TPSA) is 105 Å². The number of alkyl halides is 3. The molecule has 158 valence electrons. The summed E-state index contributed by atoms with van der Waals surface area (Å²) in [4.78, 5) is 15.0. The molecule has 1 aliphatic rings. The molecule has 1 fully saturated rings. The van der Waals surface area contributed by atoms with Crippen molar-refractivity contribution < 1.29 is 26.5 Å². The Hall–Kier alpha value is -2.47. The molecule has 1 aromatic heterocycles. The van der Waals surface area contributed by atoms with E-state index < -0.39 is 20.5 Å². The van der Waals surface area contributed by atoms with E-state index in [1.165, 1.54) is 6.07 Å². The highest BCUT2D eigenvalue weighted by Gasteiger charge is 2.50. The Bertz CT molecular complexity index is 1030. The molecule has 29 heavy (non-hydrogen) atoms. The first kappa shape index (κ1) is 21.2. The maximum atomic E-state index is 12.7. The number of nitro benzene ring substituents is 1. The summed E-state index contributed by atoms with van der Waals surface area (Å²) in [6, 6.07) is 6.38. The van der Waals surface area contributed by atoms with Crippen molar-refractivity contribution in [3.8, 4) is 0 Å². The van der Waals surface area contributed by atoms with Gasteiger partial charge in [0.2, 0.25) is 0 Å². The van der Waals surface area contributed by atoms with E-state index in [0.717, 1.165) is 0 Å². The van der Waals surface area contributed by atoms with Crippen LogP contribution in [0.2, 0.25) is 0 Å². The molecule has 0 amide bonds. The normalized spacial score (nSPS) is 16.8. The van der Waals surface area contributed by atoms with E-state index in [9.17, 15) is 31.7 Å². The molecule has 0 radical (unpaired) electrons. The number of hydrogen-bond donors (Lipinski definition) is 1. The van der Waals surface area contributed by atoms with Gasteiger partial charge in [-0.3, -0.25) is 10.1 Å². The molecular formula is C17H19F3N4O4S. The van der Waals surface area contributed by atoms with Crippen molar-refractivity contribution in [3.63, 3.8) is 0 Å². The Morgan fingerprint density at radius 2 is 1.97 bits per heavy atom. The van der Waals surface area contributed by atoms with Gasteiger partial charge in [-0.15, -0.1) is 0 Å². The Morgan fingerprint density at radius 3 is 2.55 bits per heavy atom. The fourth-order valence-electron chi connectivity index (χ4n) is 3.41. The highest BCUT2D eigenvalue weighted by Crippen LogP contribution is 2.32. The molecule has 8 nitrogen and oxygen atoms in total. The Labute approximate surface area is 164 Å². The van der Waals surface area contributed by atoms with Gasteiger partial charge in [-0.1, -0.05) is 12.1 Å². The van der Waals surface area contributed by atoms with Crippen LogP contribution in [-0.4, -0.2) is 47.8 Å². The van der Waals surface area contributed by atoms with Crippen LogP contribution < -0.4 is 5.32 Å². The molecule has 1 aliphatic heterocycles. The van der Waals surface area contributed by atoms with Gasteiger partial charge < -0.3 is 5.32 Å². The summed E-state index contributed by atoms with van der Waals surface area (Å²) in [7, 11) is -5.30. The smallest absolute Gasteiger partial charge is 0.384 e. The summed E-state index contributed by atoms with van der Waals surface area (Å²) < 4.78 is 61.4. The standard InChI is InChI=1S/C17H19F3N4O4S/c1-11-9-14(13-3-2-4-15(24(25)26)16(13)22-11)21-10-12-5-7-23(8-6-12)29(27,28)17(18,19)20/h2-4,9,12H,5-8,10H2,1H3,(H,21,22). The number of nitrogens with zero attached hydrogens (tertiary/aromatic N) is 3. The summed E-state index contributed by atoms with van der Waals surface area (Å²) in [6.45, 7) is 1.72. The zero-order valence-electron chi connectivity index (χ0n) is 15.4. The van der Waals surface area contributed by atoms with Crippen molar-refractivity contribution in [2.75, 3.05) is 25.0 Å². The molecule has 0 unspecified atom stereocenters. The van der Waals surface area contributed by atoms with E-state index in [2.05, 4.69) is 10.3 Å². The third-order valence-electron chi connectivity index (χ3n) is 4.93. The lowest BCUT2D eigenvalue weighted by molar-refractivity contribution is -0.383. The first-order chi connectivity index (χ1) is 13.5. The number of anilines is 1. The number of nitro groups is 1. The van der Waals surface area contributed by atoms with Gasteiger partial charge in [-0.2, -0.15) is 17.5 Å². The second kappa shape index (κ2) is 7.75. The monoisotopic (exact) mass is 432 g/mol. The largest absolute Gasteiger partial charge is 0.511 e. The lowest BCUT2D eigenvalue weighted by Gasteiger charge is -2.31. The van der Waals surface area contributed by atoms with Gasteiger partial charge in [0.15, 0.2) is 5.52 Å². The van der Waals surface area contributed by atoms with Crippen LogP contribution >= 0.6 is 0 Å². The van der Waals surface area contributed by atoms with Crippen molar-refractivity contribution in [3.05, 3.63) is 40.1 Å². The average molecular weight is 432 g/mol. The van der Waals surface area contributed by atoms with E-state index >= 15 is 0 Å². The third-order valence-corrected chi connectivity index (χ3v) is 6.56. The summed E-state index contributed by atoms with van der Waals surface area (Å²) in [5.74, 6) is -0.0306. The highest BCUT2D eigenvalue weighted by atomic mass is 32.2. The zero-order valence-corrected chi connectivity index (χ0v) is 16.3. The van der Waals surface area contributed by atoms with Crippen molar-refractivity contribution in [1.82, 2.24) is 9.29 Å². The van der Waals surface area contributed by atoms with Crippen molar-refractivity contribution in [2.24, 2.45) is 5.92 Å². The highest BCUT2D eigenvalue weighted by molar-refractivity contribution is 7.90. The van der Waals surface area contributed by atoms with Crippen molar-refractivity contribution >= 4 is 32.3 Å². The number of halogens is 3. The zero-order chi connectivity index (χ0) is 21.4. The van der Waals surface area contributed by atoms with E-state index in [1.807, 2.05) is 0 Å². The molecule has 1 N–H and O–H groups in total. The van der Waals surface area contributed by atoms with E-state index in [-0.39, 0.29) is 43.1 Å². The minimum Gasteiger partial charge on any atom is -0.384 e. The molecule has 1 aromatic carbocycles. The van der Waals surface area contributed by atoms with Gasteiger partial charge in [0, 0.05) is 42.5 Å². The quantitative estimate of drug-likeness (QED) is 0.573. The molecule has 0 atom stereocenters. The van der Waals surface area contributed by atoms with Crippen LogP contribution in [0.25, 0.3) is 10.9 Å². The molecule has 2 aromatic rings. The molecule has 0 bridgehead atoms. The molecule has 0 aliphatic carbocycles. The molecule has 1 saturated heterocycles. The van der Waals surface area contributed by atoms with Gasteiger partial charge in [-0.25, -0.2) is 13.4 Å². The van der Waals surface area contributed by atoms with Gasteiger partial charge in [0.25, 0.3) is 5.69 Å². The number of aromatic nitrogens is 1. The molecule has 0 saturated carbocycles. The summed E-state index contributed by atoms with van der Waals surface area (Å²) in [6.07, 6.45) is 0.564. The number of aryl methyl sites for hydroxylation is 1. The molecule has 3 rings (SSSR count). The van der Waals surface area contributed by atoms with Crippen LogP contribution in [0, 0.1) is 23.0 Å². The number of rotatable bonds is 5. The minimum atomic E-state index is -5.30. The van der Waals surface area contributed by atoms with Gasteiger partial charge in [0.1, 0.15) is 0 Å². The van der Waals surface area contributed by atoms with Crippen LogP contribution in [-0.2, 0) is 10.0 Å². The SMILES string of the molecule is Cc1cc(NCC2CCN(S(=O)(=O)C(F)(F)F)CC2)c2cccc([N+](=O)[O-])c2n1. The van der Waals surface area contributed by atoms with Crippen LogP contribution in [0.4, 0.5) is 24.5 Å². The lowest BCUT2D eigenvalue weighted by Crippen LogP contribution is -2.45. The number of para-hydroxylation sites is 1. The maximum Gasteiger partial charge on any atom is 0.511 e. The Morgan fingerprint density at radius 1 is 1.31 bits per heavy atom. The maximum absolute atomic E-state index is 12.7. The number of fused-ring (bicyclic) bond motifs is 1. The van der Waals surface area contributed by atoms with E-state index in [4.69, 9.17) is 0 Å². The number of hydrogen-bond acceptors (Lipinski definition) is 6. The van der Waals surface area contributed by atoms with E-state index in [1.54, 1.807) is 25.1 Å². The van der Waals surface area contributed by atoms with Crippen LogP contribution in [0.1, 0.15) is 18.5 Å². The van der Waals surface area contributed by atoms with E-state index in [0.29, 0.717) is 27.6 Å². The van der Waals surface area contributed by atoms with Gasteiger partial charge in [0.05, 0.1) is 4.92 Å². The second-order valence-corrected chi connectivity index (χ2v) is 8.85. The Kier molecular flexibility index (Phi) is 5.68. The molecular weight excluding hydrogens is 413 g/mol. The van der Waals surface area contributed by atoms with Gasteiger partial charge in [-0.05, 0) is 31.7 Å². The van der Waals surface area contributed by atoms with Crippen LogP contribution in [0.5, 0.6) is 0 Å². The number of non-ortho nitro benzene ring substituents is 1. The average Bonchev–Trinajstić information content (AvgIpc) is 2.64. The number of piperidine rings is 1. The summed E-state index contributed by atoms with van der Waals surface area (Å²) >= 11 is 0. The summed E-state index contributed by atoms with van der Waals surface area (Å²) in [5, 5.41) is 15.0. The van der Waals surface area contributed by atoms with Crippen molar-refractivity contribution in [2.45, 2.75) is 25.3 Å². The molecule has 0 spiro atoms. The van der Waals surface area contributed by atoms with Crippen LogP contribution in [0.3, 0.4) is 0 Å². The molecule has 12 heteroatoms. The predicted octanol–water partition coefficient (Wildman–Crippen LogP) is 3.42. The van der Waals surface area contributed by atoms with Gasteiger partial charge >= 0.3 is 15.5 Å². The number of benzene rings is 1. The Balaban J connectivity index is 1.71. The van der Waals surface area contributed by atoms with Crippen molar-refractivity contribution in [1.29, 1.82) is 0 Å². The second-order valence-electron chi connectivity index (χ2n) is 6.92.